The first-order valence-corrected chi connectivity index (χ1v) is 11.5. The van der Waals surface area contributed by atoms with Crippen LogP contribution in [0.4, 0.5) is 5.69 Å². The molecule has 6 heteroatoms. The zero-order valence-electron chi connectivity index (χ0n) is 17.9. The lowest BCUT2D eigenvalue weighted by Crippen LogP contribution is -2.06. The van der Waals surface area contributed by atoms with Crippen LogP contribution in [0.3, 0.4) is 0 Å². The lowest BCUT2D eigenvalue weighted by molar-refractivity contribution is 1.14. The van der Waals surface area contributed by atoms with E-state index >= 15 is 0 Å². The standard InChI is InChI=1S/C26H22IN5/c1-3-32(27)21-9-7-18(8-10-21)19-13-20(16-28-15-19)23-14-25(24-6-4-5-17(2)30-24)31-26-22(23)11-12-29-26/h4-16H,3H2,1-2H3,(H,29,31). The summed E-state index contributed by atoms with van der Waals surface area (Å²) in [6, 6.07) is 21.0. The molecule has 0 aliphatic rings. The van der Waals surface area contributed by atoms with Gasteiger partial charge in [-0.25, -0.2) is 4.98 Å². The zero-order valence-corrected chi connectivity index (χ0v) is 20.0. The predicted molar refractivity (Wildman–Crippen MR) is 140 cm³/mol. The van der Waals surface area contributed by atoms with Crippen molar-refractivity contribution in [3.05, 3.63) is 84.9 Å². The van der Waals surface area contributed by atoms with Crippen LogP contribution in [0, 0.1) is 6.92 Å². The van der Waals surface area contributed by atoms with Gasteiger partial charge in [-0.05, 0) is 67.4 Å². The maximum absolute atomic E-state index is 4.80. The summed E-state index contributed by atoms with van der Waals surface area (Å²) in [5, 5.41) is 1.07. The van der Waals surface area contributed by atoms with Crippen molar-refractivity contribution in [1.82, 2.24) is 19.9 Å². The number of H-pyrrole nitrogens is 1. The number of nitrogens with zero attached hydrogens (tertiary/aromatic N) is 4. The third kappa shape index (κ3) is 3.98. The molecule has 1 aromatic carbocycles. The van der Waals surface area contributed by atoms with Gasteiger partial charge in [0.15, 0.2) is 0 Å². The first-order chi connectivity index (χ1) is 15.6. The smallest absolute Gasteiger partial charge is 0.138 e. The first-order valence-electron chi connectivity index (χ1n) is 10.5. The van der Waals surface area contributed by atoms with E-state index < -0.39 is 0 Å². The fourth-order valence-corrected chi connectivity index (χ4v) is 4.16. The molecule has 0 amide bonds. The Morgan fingerprint density at radius 1 is 0.875 bits per heavy atom. The summed E-state index contributed by atoms with van der Waals surface area (Å²) in [5.41, 5.74) is 9.08. The number of aromatic nitrogens is 4. The Bertz CT molecular complexity index is 1390. The molecule has 4 heterocycles. The van der Waals surface area contributed by atoms with Crippen molar-refractivity contribution in [2.75, 3.05) is 9.66 Å². The van der Waals surface area contributed by atoms with Crippen molar-refractivity contribution in [2.24, 2.45) is 0 Å². The second kappa shape index (κ2) is 8.70. The maximum atomic E-state index is 4.80. The third-order valence-corrected chi connectivity index (χ3v) is 6.73. The molecule has 32 heavy (non-hydrogen) atoms. The summed E-state index contributed by atoms with van der Waals surface area (Å²) in [5.74, 6) is 0. The van der Waals surface area contributed by atoms with E-state index in [-0.39, 0.29) is 0 Å². The van der Waals surface area contributed by atoms with Crippen LogP contribution in [-0.4, -0.2) is 26.5 Å². The van der Waals surface area contributed by atoms with E-state index in [0.29, 0.717) is 0 Å². The van der Waals surface area contributed by atoms with Gasteiger partial charge in [0, 0.05) is 53.0 Å². The highest BCUT2D eigenvalue weighted by Crippen LogP contribution is 2.33. The van der Waals surface area contributed by atoms with Gasteiger partial charge in [0.2, 0.25) is 0 Å². The molecule has 0 aliphatic heterocycles. The Labute approximate surface area is 201 Å². The van der Waals surface area contributed by atoms with Crippen molar-refractivity contribution in [3.63, 3.8) is 0 Å². The van der Waals surface area contributed by atoms with Crippen LogP contribution in [0.5, 0.6) is 0 Å². The molecule has 0 spiro atoms. The highest BCUT2D eigenvalue weighted by molar-refractivity contribution is 14.1. The van der Waals surface area contributed by atoms with Gasteiger partial charge in [-0.3, -0.25) is 9.97 Å². The van der Waals surface area contributed by atoms with Gasteiger partial charge >= 0.3 is 0 Å². The number of aromatic amines is 1. The van der Waals surface area contributed by atoms with Crippen LogP contribution >= 0.6 is 22.9 Å². The van der Waals surface area contributed by atoms with Crippen LogP contribution in [0.2, 0.25) is 0 Å². The van der Waals surface area contributed by atoms with Crippen LogP contribution in [0.25, 0.3) is 44.7 Å². The molecule has 0 saturated heterocycles. The highest BCUT2D eigenvalue weighted by Gasteiger charge is 2.13. The van der Waals surface area contributed by atoms with Crippen molar-refractivity contribution in [2.45, 2.75) is 13.8 Å². The second-order valence-corrected chi connectivity index (χ2v) is 8.81. The minimum Gasteiger partial charge on any atom is -0.346 e. The van der Waals surface area contributed by atoms with E-state index in [2.05, 4.69) is 90.3 Å². The summed E-state index contributed by atoms with van der Waals surface area (Å²) in [6.45, 7) is 5.10. The van der Waals surface area contributed by atoms with Gasteiger partial charge in [0.1, 0.15) is 5.65 Å². The lowest BCUT2D eigenvalue weighted by Gasteiger charge is -2.14. The Hall–Kier alpha value is -3.26. The molecule has 1 N–H and O–H groups in total. The number of anilines is 1. The zero-order chi connectivity index (χ0) is 22.1. The minimum atomic E-state index is 0.843. The number of halogens is 1. The number of nitrogens with one attached hydrogen (secondary N) is 1. The summed E-state index contributed by atoms with van der Waals surface area (Å²) in [7, 11) is 0. The van der Waals surface area contributed by atoms with E-state index in [1.54, 1.807) is 0 Å². The molecule has 158 valence electrons. The molecule has 5 rings (SSSR count). The van der Waals surface area contributed by atoms with Gasteiger partial charge in [-0.15, -0.1) is 0 Å². The number of hydrogen-bond acceptors (Lipinski definition) is 4. The minimum absolute atomic E-state index is 0.843. The molecule has 0 bridgehead atoms. The van der Waals surface area contributed by atoms with Crippen molar-refractivity contribution < 1.29 is 0 Å². The molecular formula is C26H22IN5. The van der Waals surface area contributed by atoms with E-state index in [4.69, 9.17) is 4.98 Å². The second-order valence-electron chi connectivity index (χ2n) is 7.65. The molecule has 0 saturated carbocycles. The fraction of sp³-hybridized carbons (Fsp3) is 0.115. The molecule has 0 fully saturated rings. The average molecular weight is 531 g/mol. The number of fused-ring (bicyclic) bond motifs is 1. The normalized spacial score (nSPS) is 11.1. The summed E-state index contributed by atoms with van der Waals surface area (Å²) in [4.78, 5) is 17.3. The SMILES string of the molecule is CCN(I)c1ccc(-c2cncc(-c3cc(-c4cccc(C)n4)nc4[nH]ccc34)c2)cc1. The summed E-state index contributed by atoms with van der Waals surface area (Å²) in [6.07, 6.45) is 5.75. The highest BCUT2D eigenvalue weighted by atomic mass is 127. The van der Waals surface area contributed by atoms with Crippen LogP contribution < -0.4 is 3.11 Å². The monoisotopic (exact) mass is 531 g/mol. The van der Waals surface area contributed by atoms with Gasteiger partial charge in [0.25, 0.3) is 0 Å². The van der Waals surface area contributed by atoms with E-state index in [9.17, 15) is 0 Å². The molecule has 4 aromatic heterocycles. The quantitative estimate of drug-likeness (QED) is 0.199. The third-order valence-electron chi connectivity index (χ3n) is 5.49. The molecule has 5 aromatic rings. The van der Waals surface area contributed by atoms with Crippen LogP contribution in [0.15, 0.2) is 79.3 Å². The predicted octanol–water partition coefficient (Wildman–Crippen LogP) is 6.84. The van der Waals surface area contributed by atoms with Crippen LogP contribution in [-0.2, 0) is 0 Å². The van der Waals surface area contributed by atoms with Gasteiger partial charge in [0.05, 0.1) is 34.3 Å². The Balaban J connectivity index is 1.59. The van der Waals surface area contributed by atoms with E-state index in [1.165, 1.54) is 5.69 Å². The molecule has 0 aliphatic carbocycles. The number of pyridine rings is 3. The molecular weight excluding hydrogens is 509 g/mol. The summed E-state index contributed by atoms with van der Waals surface area (Å²) < 4.78 is 2.19. The van der Waals surface area contributed by atoms with E-state index in [0.717, 1.165) is 56.9 Å². The van der Waals surface area contributed by atoms with Crippen molar-refractivity contribution in [3.8, 4) is 33.6 Å². The van der Waals surface area contributed by atoms with Gasteiger partial charge < -0.3 is 8.10 Å². The Morgan fingerprint density at radius 2 is 1.69 bits per heavy atom. The van der Waals surface area contributed by atoms with Crippen molar-refractivity contribution >= 4 is 39.6 Å². The number of hydrogen-bond donors (Lipinski definition) is 1. The number of rotatable bonds is 5. The summed E-state index contributed by atoms with van der Waals surface area (Å²) >= 11 is 2.33. The molecule has 0 unspecified atom stereocenters. The largest absolute Gasteiger partial charge is 0.346 e. The first kappa shape index (κ1) is 20.6. The van der Waals surface area contributed by atoms with Crippen LogP contribution in [0.1, 0.15) is 12.6 Å². The van der Waals surface area contributed by atoms with Gasteiger partial charge in [-0.1, -0.05) is 18.2 Å². The van der Waals surface area contributed by atoms with E-state index in [1.807, 2.05) is 43.7 Å². The molecule has 5 nitrogen and oxygen atoms in total. The number of benzene rings is 1. The Morgan fingerprint density at radius 3 is 2.47 bits per heavy atom. The number of aryl methyl sites for hydroxylation is 1. The fourth-order valence-electron chi connectivity index (χ4n) is 3.84. The molecule has 0 atom stereocenters. The lowest BCUT2D eigenvalue weighted by atomic mass is 9.99. The van der Waals surface area contributed by atoms with Crippen molar-refractivity contribution in [1.29, 1.82) is 0 Å². The molecule has 0 radical (unpaired) electrons. The topological polar surface area (TPSA) is 57.7 Å². The Kier molecular flexibility index (Phi) is 5.61. The average Bonchev–Trinajstić information content (AvgIpc) is 3.32. The van der Waals surface area contributed by atoms with Gasteiger partial charge in [-0.2, -0.15) is 0 Å². The maximum Gasteiger partial charge on any atom is 0.138 e.